The van der Waals surface area contributed by atoms with Gasteiger partial charge >= 0.3 is 0 Å². The number of aromatic nitrogens is 2. The predicted octanol–water partition coefficient (Wildman–Crippen LogP) is 5.58. The normalized spacial score (nSPS) is 13.5. The molecule has 3 heteroatoms. The smallest absolute Gasteiger partial charge is 0.0725 e. The molecule has 0 atom stereocenters. The van der Waals surface area contributed by atoms with Gasteiger partial charge in [0.25, 0.3) is 0 Å². The molecule has 25 heavy (non-hydrogen) atoms. The topological polar surface area (TPSA) is 29.9 Å². The third-order valence-corrected chi connectivity index (χ3v) is 5.02. The fourth-order valence-electron chi connectivity index (χ4n) is 3.95. The predicted molar refractivity (Wildman–Crippen MR) is 104 cm³/mol. The zero-order valence-corrected chi connectivity index (χ0v) is 14.8. The summed E-state index contributed by atoms with van der Waals surface area (Å²) in [5.41, 5.74) is 8.05. The number of nitrogens with zero attached hydrogens (tertiary/aromatic N) is 2. The van der Waals surface area contributed by atoms with Crippen molar-refractivity contribution in [3.63, 3.8) is 0 Å². The summed E-state index contributed by atoms with van der Waals surface area (Å²) >= 11 is 0. The van der Waals surface area contributed by atoms with Crippen LogP contribution in [-0.4, -0.2) is 9.55 Å². The van der Waals surface area contributed by atoms with Gasteiger partial charge in [0, 0.05) is 35.9 Å². The SMILES string of the molecule is CCCn1c2c(c(Nc3ccccc3)c1-c1ccncc1)CCCC2. The van der Waals surface area contributed by atoms with E-state index in [1.807, 2.05) is 12.4 Å². The van der Waals surface area contributed by atoms with Crippen LogP contribution in [0, 0.1) is 0 Å². The third kappa shape index (κ3) is 3.07. The highest BCUT2D eigenvalue weighted by Crippen LogP contribution is 2.41. The number of anilines is 2. The highest BCUT2D eigenvalue weighted by molar-refractivity contribution is 5.83. The molecule has 0 aliphatic heterocycles. The van der Waals surface area contributed by atoms with Crippen molar-refractivity contribution in [1.82, 2.24) is 9.55 Å². The first-order chi connectivity index (χ1) is 12.4. The van der Waals surface area contributed by atoms with E-state index in [0.29, 0.717) is 0 Å². The summed E-state index contributed by atoms with van der Waals surface area (Å²) in [5.74, 6) is 0. The van der Waals surface area contributed by atoms with Crippen LogP contribution in [0.15, 0.2) is 54.9 Å². The van der Waals surface area contributed by atoms with E-state index in [0.717, 1.165) is 18.7 Å². The maximum Gasteiger partial charge on any atom is 0.0725 e. The van der Waals surface area contributed by atoms with E-state index in [4.69, 9.17) is 0 Å². The molecule has 0 radical (unpaired) electrons. The maximum absolute atomic E-state index is 4.21. The van der Waals surface area contributed by atoms with Gasteiger partial charge in [-0.2, -0.15) is 0 Å². The second kappa shape index (κ2) is 7.14. The van der Waals surface area contributed by atoms with E-state index in [2.05, 4.69) is 64.3 Å². The number of benzene rings is 1. The molecule has 3 aromatic rings. The Kier molecular flexibility index (Phi) is 4.55. The fourth-order valence-corrected chi connectivity index (χ4v) is 3.95. The zero-order valence-electron chi connectivity index (χ0n) is 14.8. The molecule has 0 amide bonds. The number of pyridine rings is 1. The van der Waals surface area contributed by atoms with Gasteiger partial charge in [-0.25, -0.2) is 0 Å². The second-order valence-corrected chi connectivity index (χ2v) is 6.73. The number of para-hydroxylation sites is 1. The molecular weight excluding hydrogens is 306 g/mol. The summed E-state index contributed by atoms with van der Waals surface area (Å²) in [6, 6.07) is 14.8. The summed E-state index contributed by atoms with van der Waals surface area (Å²) in [6.07, 6.45) is 9.85. The lowest BCUT2D eigenvalue weighted by atomic mass is 9.96. The van der Waals surface area contributed by atoms with Gasteiger partial charge in [0.15, 0.2) is 0 Å². The van der Waals surface area contributed by atoms with Crippen LogP contribution in [0.2, 0.25) is 0 Å². The van der Waals surface area contributed by atoms with Gasteiger partial charge in [0.1, 0.15) is 0 Å². The van der Waals surface area contributed by atoms with Crippen LogP contribution in [0.1, 0.15) is 37.4 Å². The van der Waals surface area contributed by atoms with E-state index in [1.165, 1.54) is 53.9 Å². The largest absolute Gasteiger partial charge is 0.354 e. The minimum atomic E-state index is 1.07. The molecule has 0 unspecified atom stereocenters. The van der Waals surface area contributed by atoms with Gasteiger partial charge in [-0.15, -0.1) is 0 Å². The molecule has 2 heterocycles. The molecule has 3 nitrogen and oxygen atoms in total. The van der Waals surface area contributed by atoms with Crippen LogP contribution < -0.4 is 5.32 Å². The van der Waals surface area contributed by atoms with Crippen molar-refractivity contribution in [2.75, 3.05) is 5.32 Å². The van der Waals surface area contributed by atoms with Crippen LogP contribution in [0.5, 0.6) is 0 Å². The molecule has 2 aromatic heterocycles. The first-order valence-corrected chi connectivity index (χ1v) is 9.35. The number of hydrogen-bond acceptors (Lipinski definition) is 2. The Hall–Kier alpha value is -2.55. The average Bonchev–Trinajstić information content (AvgIpc) is 2.97. The Morgan fingerprint density at radius 1 is 1.00 bits per heavy atom. The Labute approximate surface area is 149 Å². The molecule has 128 valence electrons. The van der Waals surface area contributed by atoms with Gasteiger partial charge in [-0.1, -0.05) is 25.1 Å². The summed E-state index contributed by atoms with van der Waals surface area (Å²) in [6.45, 7) is 3.33. The van der Waals surface area contributed by atoms with Crippen molar-refractivity contribution in [2.45, 2.75) is 45.6 Å². The minimum absolute atomic E-state index is 1.07. The molecule has 4 rings (SSSR count). The molecule has 1 aromatic carbocycles. The van der Waals surface area contributed by atoms with Crippen molar-refractivity contribution in [2.24, 2.45) is 0 Å². The summed E-state index contributed by atoms with van der Waals surface area (Å²) in [4.78, 5) is 4.21. The molecule has 1 aliphatic carbocycles. The standard InChI is InChI=1S/C22H25N3/c1-2-16-25-20-11-7-6-10-19(20)21(24-18-8-4-3-5-9-18)22(25)17-12-14-23-15-13-17/h3-5,8-9,12-15,24H,2,6-7,10-11,16H2,1H3. The van der Waals surface area contributed by atoms with Crippen molar-refractivity contribution < 1.29 is 0 Å². The minimum Gasteiger partial charge on any atom is -0.354 e. The second-order valence-electron chi connectivity index (χ2n) is 6.73. The zero-order chi connectivity index (χ0) is 17.1. The monoisotopic (exact) mass is 331 g/mol. The lowest BCUT2D eigenvalue weighted by molar-refractivity contribution is 0.600. The Morgan fingerprint density at radius 2 is 1.76 bits per heavy atom. The summed E-state index contributed by atoms with van der Waals surface area (Å²) < 4.78 is 2.55. The van der Waals surface area contributed by atoms with E-state index < -0.39 is 0 Å². The lowest BCUT2D eigenvalue weighted by Crippen LogP contribution is -2.09. The molecule has 0 saturated heterocycles. The first kappa shape index (κ1) is 15.9. The molecule has 0 spiro atoms. The van der Waals surface area contributed by atoms with Crippen molar-refractivity contribution in [3.8, 4) is 11.3 Å². The first-order valence-electron chi connectivity index (χ1n) is 9.35. The van der Waals surface area contributed by atoms with E-state index in [9.17, 15) is 0 Å². The summed E-state index contributed by atoms with van der Waals surface area (Å²) in [5, 5.41) is 3.74. The number of fused-ring (bicyclic) bond motifs is 1. The molecule has 1 N–H and O–H groups in total. The van der Waals surface area contributed by atoms with Crippen LogP contribution in [-0.2, 0) is 19.4 Å². The van der Waals surface area contributed by atoms with Crippen LogP contribution in [0.25, 0.3) is 11.3 Å². The fraction of sp³-hybridized carbons (Fsp3) is 0.318. The highest BCUT2D eigenvalue weighted by Gasteiger charge is 2.25. The molecule has 0 fully saturated rings. The number of hydrogen-bond donors (Lipinski definition) is 1. The number of rotatable bonds is 5. The van der Waals surface area contributed by atoms with Gasteiger partial charge < -0.3 is 9.88 Å². The van der Waals surface area contributed by atoms with E-state index in [-0.39, 0.29) is 0 Å². The van der Waals surface area contributed by atoms with Crippen molar-refractivity contribution in [3.05, 3.63) is 66.1 Å². The third-order valence-electron chi connectivity index (χ3n) is 5.02. The van der Waals surface area contributed by atoms with Crippen molar-refractivity contribution >= 4 is 11.4 Å². The Balaban J connectivity index is 1.91. The molecule has 1 aliphatic rings. The Bertz CT molecular complexity index is 835. The van der Waals surface area contributed by atoms with Crippen molar-refractivity contribution in [1.29, 1.82) is 0 Å². The van der Waals surface area contributed by atoms with Gasteiger partial charge in [0.05, 0.1) is 11.4 Å². The average molecular weight is 331 g/mol. The van der Waals surface area contributed by atoms with Crippen LogP contribution in [0.4, 0.5) is 11.4 Å². The van der Waals surface area contributed by atoms with Crippen LogP contribution in [0.3, 0.4) is 0 Å². The quantitative estimate of drug-likeness (QED) is 0.661. The van der Waals surface area contributed by atoms with E-state index in [1.54, 1.807) is 0 Å². The van der Waals surface area contributed by atoms with E-state index >= 15 is 0 Å². The maximum atomic E-state index is 4.21. The molecule has 0 bridgehead atoms. The van der Waals surface area contributed by atoms with Gasteiger partial charge in [-0.05, 0) is 61.9 Å². The molecular formula is C22H25N3. The van der Waals surface area contributed by atoms with Crippen LogP contribution >= 0.6 is 0 Å². The number of nitrogens with one attached hydrogen (secondary N) is 1. The molecule has 0 saturated carbocycles. The van der Waals surface area contributed by atoms with Gasteiger partial charge in [-0.3, -0.25) is 4.98 Å². The van der Waals surface area contributed by atoms with Gasteiger partial charge in [0.2, 0.25) is 0 Å². The Morgan fingerprint density at radius 3 is 2.52 bits per heavy atom. The lowest BCUT2D eigenvalue weighted by Gasteiger charge is -2.16. The summed E-state index contributed by atoms with van der Waals surface area (Å²) in [7, 11) is 0. The highest BCUT2D eigenvalue weighted by atomic mass is 15.0.